The number of esters is 1. The van der Waals surface area contributed by atoms with Crippen LogP contribution in [-0.2, 0) is 16.0 Å². The Labute approximate surface area is 119 Å². The van der Waals surface area contributed by atoms with E-state index in [1.807, 2.05) is 6.92 Å². The van der Waals surface area contributed by atoms with Crippen molar-refractivity contribution in [3.8, 4) is 5.75 Å². The zero-order chi connectivity index (χ0) is 15.1. The van der Waals surface area contributed by atoms with Crippen LogP contribution in [0, 0.1) is 13.8 Å². The maximum absolute atomic E-state index is 11.1. The highest BCUT2D eigenvalue weighted by molar-refractivity contribution is 5.67. The molecule has 1 aromatic heterocycles. The lowest BCUT2D eigenvalue weighted by Gasteiger charge is -2.35. The van der Waals surface area contributed by atoms with Gasteiger partial charge in [0.05, 0.1) is 11.2 Å². The van der Waals surface area contributed by atoms with Crippen LogP contribution in [0.3, 0.4) is 0 Å². The topological polar surface area (TPSA) is 62.7 Å². The lowest BCUT2D eigenvalue weighted by molar-refractivity contribution is -0.142. The monoisotopic (exact) mass is 278 g/mol. The molecule has 0 bridgehead atoms. The van der Waals surface area contributed by atoms with Gasteiger partial charge in [0, 0.05) is 25.5 Å². The van der Waals surface area contributed by atoms with E-state index < -0.39 is 0 Å². The van der Waals surface area contributed by atoms with Gasteiger partial charge in [0.1, 0.15) is 18.2 Å². The molecule has 0 amide bonds. The number of hydrogen-bond acceptors (Lipinski definition) is 5. The number of hydrogen-bond donors (Lipinski definition) is 1. The normalized spacial score (nSPS) is 20.9. The van der Waals surface area contributed by atoms with E-state index in [1.54, 1.807) is 6.92 Å². The minimum atomic E-state index is -0.305. The highest BCUT2D eigenvalue weighted by atomic mass is 16.5. The molecule has 110 valence electrons. The predicted octanol–water partition coefficient (Wildman–Crippen LogP) is 2.11. The molecular formula is C15H22N2O3. The number of aryl methyl sites for hydroxylation is 1. The third-order valence-electron chi connectivity index (χ3n) is 4.06. The summed E-state index contributed by atoms with van der Waals surface area (Å²) < 4.78 is 5.22. The first-order valence-corrected chi connectivity index (χ1v) is 6.90. The van der Waals surface area contributed by atoms with Gasteiger partial charge in [0.15, 0.2) is 0 Å². The molecule has 1 aliphatic heterocycles. The molecule has 0 radical (unpaired) electrons. The molecule has 0 fully saturated rings. The maximum Gasteiger partial charge on any atom is 0.302 e. The average Bonchev–Trinajstić information content (AvgIpc) is 2.67. The average molecular weight is 278 g/mol. The Balaban J connectivity index is 2.43. The first kappa shape index (κ1) is 14.6. The van der Waals surface area contributed by atoms with Crippen molar-refractivity contribution in [3.63, 3.8) is 0 Å². The molecule has 0 aliphatic carbocycles. The summed E-state index contributed by atoms with van der Waals surface area (Å²) in [5.41, 5.74) is 2.25. The second kappa shape index (κ2) is 4.96. The van der Waals surface area contributed by atoms with E-state index in [2.05, 4.69) is 23.7 Å². The van der Waals surface area contributed by atoms with Crippen molar-refractivity contribution in [2.24, 2.45) is 0 Å². The van der Waals surface area contributed by atoms with Crippen molar-refractivity contribution < 1.29 is 14.6 Å². The predicted molar refractivity (Wildman–Crippen MR) is 77.1 cm³/mol. The van der Waals surface area contributed by atoms with Gasteiger partial charge in [-0.1, -0.05) is 0 Å². The molecule has 5 nitrogen and oxygen atoms in total. The molecule has 2 rings (SSSR count). The third kappa shape index (κ3) is 2.21. The highest BCUT2D eigenvalue weighted by Gasteiger charge is 2.42. The van der Waals surface area contributed by atoms with Gasteiger partial charge in [-0.3, -0.25) is 4.79 Å². The zero-order valence-electron chi connectivity index (χ0n) is 12.8. The van der Waals surface area contributed by atoms with E-state index in [0.29, 0.717) is 12.3 Å². The Bertz CT molecular complexity index is 557. The number of rotatable bonds is 3. The summed E-state index contributed by atoms with van der Waals surface area (Å²) in [5, 5.41) is 10.1. The summed E-state index contributed by atoms with van der Waals surface area (Å²) in [6.07, 6.45) is 0.718. The molecule has 0 saturated heterocycles. The first-order valence-electron chi connectivity index (χ1n) is 6.90. The van der Waals surface area contributed by atoms with Gasteiger partial charge in [0.25, 0.3) is 0 Å². The number of pyridine rings is 1. The van der Waals surface area contributed by atoms with E-state index in [1.165, 1.54) is 6.92 Å². The molecule has 1 N–H and O–H groups in total. The van der Waals surface area contributed by atoms with Crippen molar-refractivity contribution in [3.05, 3.63) is 16.8 Å². The second-order valence-electron chi connectivity index (χ2n) is 5.67. The lowest BCUT2D eigenvalue weighted by Crippen LogP contribution is -2.48. The van der Waals surface area contributed by atoms with E-state index in [0.717, 1.165) is 29.9 Å². The number of anilines is 1. The fourth-order valence-electron chi connectivity index (χ4n) is 2.95. The minimum Gasteiger partial charge on any atom is -0.506 e. The number of aromatic hydroxyl groups is 1. The van der Waals surface area contributed by atoms with Crippen LogP contribution in [0.15, 0.2) is 0 Å². The van der Waals surface area contributed by atoms with E-state index in [4.69, 9.17) is 4.74 Å². The van der Waals surface area contributed by atoms with Gasteiger partial charge < -0.3 is 14.7 Å². The van der Waals surface area contributed by atoms with Gasteiger partial charge in [-0.2, -0.15) is 0 Å². The minimum absolute atomic E-state index is 0.261. The number of carbonyl (C=O) groups excluding carboxylic acids is 1. The zero-order valence-corrected chi connectivity index (χ0v) is 12.8. The summed E-state index contributed by atoms with van der Waals surface area (Å²) in [4.78, 5) is 17.8. The van der Waals surface area contributed by atoms with Crippen LogP contribution < -0.4 is 4.90 Å². The van der Waals surface area contributed by atoms with Gasteiger partial charge in [-0.15, -0.1) is 0 Å². The quantitative estimate of drug-likeness (QED) is 0.858. The molecule has 0 aromatic carbocycles. The van der Waals surface area contributed by atoms with Crippen LogP contribution in [-0.4, -0.2) is 34.8 Å². The molecule has 20 heavy (non-hydrogen) atoms. The summed E-state index contributed by atoms with van der Waals surface area (Å²) in [6.45, 7) is 10.4. The number of carbonyl (C=O) groups is 1. The molecule has 0 spiro atoms. The van der Waals surface area contributed by atoms with Crippen molar-refractivity contribution in [2.45, 2.75) is 46.6 Å². The smallest absolute Gasteiger partial charge is 0.302 e. The molecule has 0 saturated carbocycles. The molecule has 1 aromatic rings. The summed E-state index contributed by atoms with van der Waals surface area (Å²) in [7, 11) is 0. The van der Waals surface area contributed by atoms with Crippen molar-refractivity contribution in [1.29, 1.82) is 0 Å². The molecule has 2 heterocycles. The second-order valence-corrected chi connectivity index (χ2v) is 5.67. The number of fused-ring (bicyclic) bond motifs is 1. The van der Waals surface area contributed by atoms with E-state index >= 15 is 0 Å². The Kier molecular flexibility index (Phi) is 3.63. The SMILES string of the molecule is CCN1c2nc(C)c(O)c(C)c2CC1(C)COC(C)=O. The standard InChI is InChI=1S/C15H22N2O3/c1-6-17-14-12(9(2)13(19)10(3)16-14)7-15(17,5)8-20-11(4)18/h19H,6-8H2,1-5H3. The summed E-state index contributed by atoms with van der Waals surface area (Å²) in [6, 6.07) is 0. The fraction of sp³-hybridized carbons (Fsp3) is 0.600. The van der Waals surface area contributed by atoms with Crippen LogP contribution in [0.5, 0.6) is 5.75 Å². The Morgan fingerprint density at radius 2 is 2.15 bits per heavy atom. The molecule has 1 aliphatic rings. The molecule has 1 atom stereocenters. The number of ether oxygens (including phenoxy) is 1. The van der Waals surface area contributed by atoms with Crippen LogP contribution in [0.2, 0.25) is 0 Å². The first-order chi connectivity index (χ1) is 9.30. The van der Waals surface area contributed by atoms with Crippen LogP contribution in [0.25, 0.3) is 0 Å². The fourth-order valence-corrected chi connectivity index (χ4v) is 2.95. The van der Waals surface area contributed by atoms with Gasteiger partial charge in [0.2, 0.25) is 0 Å². The molecule has 1 unspecified atom stereocenters. The maximum atomic E-state index is 11.1. The molecule has 5 heteroatoms. The summed E-state index contributed by atoms with van der Waals surface area (Å²) in [5.74, 6) is 0.883. The Morgan fingerprint density at radius 3 is 2.70 bits per heavy atom. The van der Waals surface area contributed by atoms with E-state index in [9.17, 15) is 9.90 Å². The summed E-state index contributed by atoms with van der Waals surface area (Å²) >= 11 is 0. The third-order valence-corrected chi connectivity index (χ3v) is 4.06. The molecular weight excluding hydrogens is 256 g/mol. The van der Waals surface area contributed by atoms with Gasteiger partial charge >= 0.3 is 5.97 Å². The van der Waals surface area contributed by atoms with Crippen molar-refractivity contribution >= 4 is 11.8 Å². The Morgan fingerprint density at radius 1 is 1.50 bits per heavy atom. The van der Waals surface area contributed by atoms with Gasteiger partial charge in [-0.25, -0.2) is 4.98 Å². The highest BCUT2D eigenvalue weighted by Crippen LogP contribution is 2.42. The number of aromatic nitrogens is 1. The largest absolute Gasteiger partial charge is 0.506 e. The lowest BCUT2D eigenvalue weighted by atomic mass is 9.95. The van der Waals surface area contributed by atoms with Gasteiger partial charge in [-0.05, 0) is 33.3 Å². The van der Waals surface area contributed by atoms with E-state index in [-0.39, 0.29) is 17.3 Å². The number of likely N-dealkylation sites (N-methyl/N-ethyl adjacent to an activating group) is 1. The van der Waals surface area contributed by atoms with Crippen LogP contribution in [0.4, 0.5) is 5.82 Å². The van der Waals surface area contributed by atoms with Crippen LogP contribution >= 0.6 is 0 Å². The van der Waals surface area contributed by atoms with Crippen LogP contribution in [0.1, 0.15) is 37.6 Å². The van der Waals surface area contributed by atoms with Crippen molar-refractivity contribution in [1.82, 2.24) is 4.98 Å². The number of nitrogens with zero attached hydrogens (tertiary/aromatic N) is 2. The Hall–Kier alpha value is -1.78. The van der Waals surface area contributed by atoms with Crippen molar-refractivity contribution in [2.75, 3.05) is 18.1 Å².